The summed E-state index contributed by atoms with van der Waals surface area (Å²) < 4.78 is 16.1. The maximum atomic E-state index is 5.36. The number of hydrogen-bond acceptors (Lipinski definition) is 3. The van der Waals surface area contributed by atoms with Crippen LogP contribution in [-0.4, -0.2) is 21.3 Å². The van der Waals surface area contributed by atoms with Crippen molar-refractivity contribution in [2.75, 3.05) is 21.3 Å². The van der Waals surface area contributed by atoms with Gasteiger partial charge in [0.2, 0.25) is 0 Å². The average molecular weight is 374 g/mol. The van der Waals surface area contributed by atoms with Gasteiger partial charge >= 0.3 is 0 Å². The van der Waals surface area contributed by atoms with E-state index < -0.39 is 0 Å². The third kappa shape index (κ3) is 3.61. The predicted molar refractivity (Wildman–Crippen MR) is 114 cm³/mol. The molecule has 0 amide bonds. The Balaban J connectivity index is 2.24. The van der Waals surface area contributed by atoms with E-state index in [2.05, 4.69) is 43.0 Å². The molecule has 3 aromatic carbocycles. The van der Waals surface area contributed by atoms with Gasteiger partial charge < -0.3 is 14.2 Å². The second kappa shape index (κ2) is 8.66. The summed E-state index contributed by atoms with van der Waals surface area (Å²) in [5.41, 5.74) is 3.13. The topological polar surface area (TPSA) is 27.7 Å². The molecule has 0 fully saturated rings. The van der Waals surface area contributed by atoms with E-state index in [1.165, 1.54) is 16.7 Å². The summed E-state index contributed by atoms with van der Waals surface area (Å²) in [5.74, 6) is 2.50. The lowest BCUT2D eigenvalue weighted by molar-refractivity contribution is 0.413. The molecule has 0 saturated carbocycles. The first-order valence-corrected chi connectivity index (χ1v) is 9.22. The van der Waals surface area contributed by atoms with Crippen LogP contribution in [0.4, 0.5) is 0 Å². The van der Waals surface area contributed by atoms with Crippen LogP contribution in [0, 0.1) is 0 Å². The summed E-state index contributed by atoms with van der Waals surface area (Å²) in [6.07, 6.45) is 2.72. The molecule has 3 aromatic rings. The summed E-state index contributed by atoms with van der Waals surface area (Å²) in [5, 5.41) is 0. The van der Waals surface area contributed by atoms with Crippen LogP contribution >= 0.6 is 0 Å². The molecule has 0 unspecified atom stereocenters. The molecule has 0 saturated heterocycles. The minimum absolute atomic E-state index is 0.382. The van der Waals surface area contributed by atoms with Crippen LogP contribution in [0.15, 0.2) is 85.5 Å². The number of benzene rings is 3. The fourth-order valence-corrected chi connectivity index (χ4v) is 3.70. The molecule has 0 radical (unpaired) electrons. The van der Waals surface area contributed by atoms with Gasteiger partial charge in [0.15, 0.2) is 0 Å². The van der Waals surface area contributed by atoms with Crippen molar-refractivity contribution in [3.8, 4) is 17.2 Å². The zero-order valence-electron chi connectivity index (χ0n) is 16.6. The highest BCUT2D eigenvalue weighted by molar-refractivity contribution is 5.53. The first-order chi connectivity index (χ1) is 13.7. The second-order valence-corrected chi connectivity index (χ2v) is 6.58. The molecule has 0 aliphatic rings. The van der Waals surface area contributed by atoms with Crippen LogP contribution < -0.4 is 14.2 Å². The Bertz CT molecular complexity index is 778. The Kier molecular flexibility index (Phi) is 6.05. The van der Waals surface area contributed by atoms with E-state index in [0.29, 0.717) is 0 Å². The molecule has 28 heavy (non-hydrogen) atoms. The highest BCUT2D eigenvalue weighted by atomic mass is 16.5. The van der Waals surface area contributed by atoms with Gasteiger partial charge in [-0.1, -0.05) is 42.5 Å². The fraction of sp³-hybridized carbons (Fsp3) is 0.200. The Morgan fingerprint density at radius 2 is 0.893 bits per heavy atom. The summed E-state index contributed by atoms with van der Waals surface area (Å²) in [4.78, 5) is 0. The zero-order chi connectivity index (χ0) is 20.0. The molecule has 3 heteroatoms. The number of hydrogen-bond donors (Lipinski definition) is 0. The van der Waals surface area contributed by atoms with Gasteiger partial charge in [0.1, 0.15) is 17.2 Å². The van der Waals surface area contributed by atoms with Crippen LogP contribution in [-0.2, 0) is 5.41 Å². The monoisotopic (exact) mass is 374 g/mol. The maximum Gasteiger partial charge on any atom is 0.118 e. The molecule has 0 aliphatic carbocycles. The summed E-state index contributed by atoms with van der Waals surface area (Å²) in [7, 11) is 5.04. The van der Waals surface area contributed by atoms with E-state index in [-0.39, 0.29) is 5.41 Å². The smallest absolute Gasteiger partial charge is 0.118 e. The average Bonchev–Trinajstić information content (AvgIpc) is 2.78. The summed E-state index contributed by atoms with van der Waals surface area (Å²) in [6.45, 7) is 4.05. The van der Waals surface area contributed by atoms with Crippen LogP contribution in [0.3, 0.4) is 0 Å². The van der Waals surface area contributed by atoms with Crippen LogP contribution in [0.1, 0.15) is 23.1 Å². The highest BCUT2D eigenvalue weighted by Crippen LogP contribution is 2.43. The van der Waals surface area contributed by atoms with E-state index in [0.717, 1.165) is 23.7 Å². The Hall–Kier alpha value is -3.20. The van der Waals surface area contributed by atoms with Crippen molar-refractivity contribution in [1.82, 2.24) is 0 Å². The second-order valence-electron chi connectivity index (χ2n) is 6.58. The largest absolute Gasteiger partial charge is 0.497 e. The maximum absolute atomic E-state index is 5.36. The van der Waals surface area contributed by atoms with E-state index in [9.17, 15) is 0 Å². The van der Waals surface area contributed by atoms with Gasteiger partial charge in [0, 0.05) is 5.41 Å². The normalized spacial score (nSPS) is 11.0. The molecule has 0 spiro atoms. The Morgan fingerprint density at radius 1 is 0.607 bits per heavy atom. The van der Waals surface area contributed by atoms with Crippen molar-refractivity contribution < 1.29 is 14.2 Å². The lowest BCUT2D eigenvalue weighted by atomic mass is 9.67. The highest BCUT2D eigenvalue weighted by Gasteiger charge is 2.35. The first kappa shape index (κ1) is 19.6. The molecule has 0 atom stereocenters. The molecule has 0 aliphatic heterocycles. The van der Waals surface area contributed by atoms with Crippen molar-refractivity contribution in [3.63, 3.8) is 0 Å². The molecule has 0 aromatic heterocycles. The number of allylic oxidation sites excluding steroid dienone is 1. The van der Waals surface area contributed by atoms with Gasteiger partial charge in [-0.15, -0.1) is 6.58 Å². The van der Waals surface area contributed by atoms with Crippen LogP contribution in [0.5, 0.6) is 17.2 Å². The van der Waals surface area contributed by atoms with Gasteiger partial charge in [-0.05, 0) is 59.5 Å². The van der Waals surface area contributed by atoms with Crippen LogP contribution in [0.25, 0.3) is 0 Å². The molecule has 0 heterocycles. The Morgan fingerprint density at radius 3 is 1.11 bits per heavy atom. The van der Waals surface area contributed by atoms with Crippen molar-refractivity contribution in [3.05, 3.63) is 102 Å². The first-order valence-electron chi connectivity index (χ1n) is 9.22. The van der Waals surface area contributed by atoms with E-state index in [1.54, 1.807) is 21.3 Å². The zero-order valence-corrected chi connectivity index (χ0v) is 16.6. The molecule has 0 bridgehead atoms. The lowest BCUT2D eigenvalue weighted by Gasteiger charge is -2.35. The molecular formula is C25H26O3. The van der Waals surface area contributed by atoms with Crippen molar-refractivity contribution in [2.45, 2.75) is 11.8 Å². The number of methoxy groups -OCH3 is 3. The molecule has 3 rings (SSSR count). The predicted octanol–water partition coefficient (Wildman–Crippen LogP) is 5.62. The number of rotatable bonds is 8. The van der Waals surface area contributed by atoms with Gasteiger partial charge in [-0.3, -0.25) is 0 Å². The third-order valence-corrected chi connectivity index (χ3v) is 5.20. The SMILES string of the molecule is C=CCC(c1ccc(OC)cc1)(c1ccc(OC)cc1)c1ccc(OC)cc1. The molecule has 0 N–H and O–H groups in total. The van der Waals surface area contributed by atoms with Crippen molar-refractivity contribution in [1.29, 1.82) is 0 Å². The van der Waals surface area contributed by atoms with Crippen molar-refractivity contribution >= 4 is 0 Å². The van der Waals surface area contributed by atoms with Gasteiger partial charge in [-0.2, -0.15) is 0 Å². The Labute approximate surface area is 167 Å². The minimum atomic E-state index is -0.382. The molecular weight excluding hydrogens is 348 g/mol. The molecule has 144 valence electrons. The van der Waals surface area contributed by atoms with Crippen molar-refractivity contribution in [2.24, 2.45) is 0 Å². The quantitative estimate of drug-likeness (QED) is 0.378. The summed E-state index contributed by atoms with van der Waals surface area (Å²) in [6, 6.07) is 24.7. The number of ether oxygens (including phenoxy) is 3. The van der Waals surface area contributed by atoms with E-state index in [1.807, 2.05) is 42.5 Å². The van der Waals surface area contributed by atoms with E-state index >= 15 is 0 Å². The van der Waals surface area contributed by atoms with Gasteiger partial charge in [0.25, 0.3) is 0 Å². The van der Waals surface area contributed by atoms with Crippen LogP contribution in [0.2, 0.25) is 0 Å². The fourth-order valence-electron chi connectivity index (χ4n) is 3.70. The molecule has 3 nitrogen and oxygen atoms in total. The van der Waals surface area contributed by atoms with Gasteiger partial charge in [-0.25, -0.2) is 0 Å². The van der Waals surface area contributed by atoms with E-state index in [4.69, 9.17) is 14.2 Å². The standard InChI is InChI=1S/C25H26O3/c1-5-18-25(19-6-12-22(26-2)13-7-19,20-8-14-23(27-3)15-9-20)21-10-16-24(28-4)17-11-21/h5-17H,1,18H2,2-4H3. The lowest BCUT2D eigenvalue weighted by Crippen LogP contribution is -2.28. The third-order valence-electron chi connectivity index (χ3n) is 5.20. The minimum Gasteiger partial charge on any atom is -0.497 e. The summed E-state index contributed by atoms with van der Waals surface area (Å²) >= 11 is 0. The van der Waals surface area contributed by atoms with Gasteiger partial charge in [0.05, 0.1) is 21.3 Å².